The minimum Gasteiger partial charge on any atom is -0.414 e. The molecule has 0 fully saturated rings. The maximum absolute atomic E-state index is 13.4. The van der Waals surface area contributed by atoms with Gasteiger partial charge in [0.1, 0.15) is 6.54 Å². The van der Waals surface area contributed by atoms with Crippen molar-refractivity contribution in [3.8, 4) is 0 Å². The zero-order chi connectivity index (χ0) is 21.1. The van der Waals surface area contributed by atoms with Gasteiger partial charge in [0.05, 0.1) is 16.8 Å². The summed E-state index contributed by atoms with van der Waals surface area (Å²) in [6, 6.07) is 15.2. The first-order chi connectivity index (χ1) is 14.4. The Morgan fingerprint density at radius 3 is 2.57 bits per heavy atom. The lowest BCUT2D eigenvalue weighted by Crippen LogP contribution is -2.15. The quantitative estimate of drug-likeness (QED) is 0.459. The molecule has 7 nitrogen and oxygen atoms in total. The second kappa shape index (κ2) is 8.19. The van der Waals surface area contributed by atoms with E-state index in [2.05, 4.69) is 20.5 Å². The van der Waals surface area contributed by atoms with Crippen LogP contribution in [-0.4, -0.2) is 31.4 Å². The molecule has 2 aromatic heterocycles. The van der Waals surface area contributed by atoms with E-state index in [4.69, 9.17) is 4.42 Å². The van der Waals surface area contributed by atoms with Gasteiger partial charge in [0, 0.05) is 5.69 Å². The Kier molecular flexibility index (Phi) is 5.44. The van der Waals surface area contributed by atoms with Gasteiger partial charge in [-0.05, 0) is 24.3 Å². The highest BCUT2D eigenvalue weighted by molar-refractivity contribution is 7.99. The second-order valence-corrected chi connectivity index (χ2v) is 7.10. The van der Waals surface area contributed by atoms with Gasteiger partial charge < -0.3 is 14.3 Å². The predicted molar refractivity (Wildman–Crippen MR) is 104 cm³/mol. The Hall–Kier alpha value is -3.34. The number of carbonyl (C=O) groups is 1. The maximum Gasteiger partial charge on any atom is 0.449 e. The zero-order valence-electron chi connectivity index (χ0n) is 15.3. The third-order valence-corrected chi connectivity index (χ3v) is 4.85. The van der Waals surface area contributed by atoms with Crippen molar-refractivity contribution in [2.24, 2.45) is 0 Å². The second-order valence-electron chi connectivity index (χ2n) is 6.17. The minimum atomic E-state index is -4.63. The molecule has 11 heteroatoms. The number of fused-ring (bicyclic) bond motifs is 1. The molecule has 2 heterocycles. The molecule has 0 atom stereocenters. The third-order valence-electron chi connectivity index (χ3n) is 4.03. The molecule has 0 aliphatic heterocycles. The number of alkyl halides is 3. The van der Waals surface area contributed by atoms with Crippen molar-refractivity contribution in [2.45, 2.75) is 17.9 Å². The molecule has 0 saturated heterocycles. The first kappa shape index (κ1) is 20.0. The van der Waals surface area contributed by atoms with Crippen molar-refractivity contribution in [1.82, 2.24) is 19.7 Å². The number of carbonyl (C=O) groups excluding carboxylic acids is 1. The normalized spacial score (nSPS) is 11.7. The number of imidazole rings is 1. The number of nitrogens with zero attached hydrogens (tertiary/aromatic N) is 4. The Morgan fingerprint density at radius 1 is 1.07 bits per heavy atom. The Morgan fingerprint density at radius 2 is 1.80 bits per heavy atom. The lowest BCUT2D eigenvalue weighted by molar-refractivity contribution is -0.146. The molecule has 1 N–H and O–H groups in total. The molecular formula is C19H14F3N5O2S. The topological polar surface area (TPSA) is 85.8 Å². The molecule has 0 saturated carbocycles. The summed E-state index contributed by atoms with van der Waals surface area (Å²) in [5.41, 5.74) is 1.18. The Balaban J connectivity index is 1.46. The fourth-order valence-corrected chi connectivity index (χ4v) is 3.37. The van der Waals surface area contributed by atoms with E-state index in [1.165, 1.54) is 12.1 Å². The standard InChI is InChI=1S/C19H14F3N5O2S/c20-19(21,22)17-24-13-8-4-5-9-14(13)27(17)10-16-25-26-18(29-16)30-11-15(28)23-12-6-2-1-3-7-12/h1-9H,10-11H2,(H,23,28). The van der Waals surface area contributed by atoms with Crippen LogP contribution in [0.1, 0.15) is 11.7 Å². The molecule has 2 aromatic carbocycles. The molecule has 0 aliphatic rings. The zero-order valence-corrected chi connectivity index (χ0v) is 16.1. The van der Waals surface area contributed by atoms with Crippen LogP contribution in [0.4, 0.5) is 18.9 Å². The maximum atomic E-state index is 13.4. The molecule has 4 aromatic rings. The van der Waals surface area contributed by atoms with Crippen molar-refractivity contribution >= 4 is 34.4 Å². The number of halogens is 3. The van der Waals surface area contributed by atoms with Gasteiger partial charge in [-0.2, -0.15) is 13.2 Å². The van der Waals surface area contributed by atoms with Gasteiger partial charge in [-0.25, -0.2) is 4.98 Å². The van der Waals surface area contributed by atoms with E-state index in [-0.39, 0.29) is 34.8 Å². The molecule has 0 radical (unpaired) electrons. The predicted octanol–water partition coefficient (Wildman–Crippen LogP) is 4.22. The largest absolute Gasteiger partial charge is 0.449 e. The van der Waals surface area contributed by atoms with Crippen molar-refractivity contribution in [1.29, 1.82) is 0 Å². The third kappa shape index (κ3) is 4.46. The van der Waals surface area contributed by atoms with E-state index < -0.39 is 12.0 Å². The molecule has 1 amide bonds. The molecule has 0 unspecified atom stereocenters. The first-order valence-corrected chi connectivity index (χ1v) is 9.71. The van der Waals surface area contributed by atoms with Crippen molar-refractivity contribution in [3.63, 3.8) is 0 Å². The smallest absolute Gasteiger partial charge is 0.414 e. The van der Waals surface area contributed by atoms with Crippen molar-refractivity contribution in [2.75, 3.05) is 11.1 Å². The van der Waals surface area contributed by atoms with Gasteiger partial charge in [-0.15, -0.1) is 10.2 Å². The number of para-hydroxylation sites is 3. The fraction of sp³-hybridized carbons (Fsp3) is 0.158. The Labute approximate surface area is 172 Å². The highest BCUT2D eigenvalue weighted by atomic mass is 32.2. The number of thioether (sulfide) groups is 1. The van der Waals surface area contributed by atoms with Crippen LogP contribution in [-0.2, 0) is 17.5 Å². The van der Waals surface area contributed by atoms with Crippen LogP contribution in [0.25, 0.3) is 11.0 Å². The SMILES string of the molecule is O=C(CSc1nnc(Cn2c(C(F)(F)F)nc3ccccc32)o1)Nc1ccccc1. The van der Waals surface area contributed by atoms with E-state index >= 15 is 0 Å². The average Bonchev–Trinajstić information content (AvgIpc) is 3.32. The summed E-state index contributed by atoms with van der Waals surface area (Å²) < 4.78 is 46.6. The van der Waals surface area contributed by atoms with Crippen molar-refractivity contribution < 1.29 is 22.4 Å². The number of aromatic nitrogens is 4. The lowest BCUT2D eigenvalue weighted by Gasteiger charge is -2.09. The summed E-state index contributed by atoms with van der Waals surface area (Å²) in [5, 5.41) is 10.4. The van der Waals surface area contributed by atoms with E-state index in [0.29, 0.717) is 11.2 Å². The van der Waals surface area contributed by atoms with Gasteiger partial charge in [0.2, 0.25) is 17.6 Å². The molecule has 0 bridgehead atoms. The summed E-state index contributed by atoms with van der Waals surface area (Å²) in [7, 11) is 0. The van der Waals surface area contributed by atoms with Gasteiger partial charge >= 0.3 is 6.18 Å². The van der Waals surface area contributed by atoms with Crippen LogP contribution < -0.4 is 5.32 Å². The van der Waals surface area contributed by atoms with E-state index in [1.807, 2.05) is 6.07 Å². The van der Waals surface area contributed by atoms with Crippen LogP contribution >= 0.6 is 11.8 Å². The number of rotatable bonds is 6. The number of benzene rings is 2. The monoisotopic (exact) mass is 433 g/mol. The summed E-state index contributed by atoms with van der Waals surface area (Å²) >= 11 is 0.995. The van der Waals surface area contributed by atoms with Crippen molar-refractivity contribution in [3.05, 3.63) is 66.3 Å². The van der Waals surface area contributed by atoms with E-state index in [9.17, 15) is 18.0 Å². The highest BCUT2D eigenvalue weighted by Crippen LogP contribution is 2.32. The first-order valence-electron chi connectivity index (χ1n) is 8.73. The average molecular weight is 433 g/mol. The van der Waals surface area contributed by atoms with Gasteiger partial charge in [-0.1, -0.05) is 42.1 Å². The number of amides is 1. The summed E-state index contributed by atoms with van der Waals surface area (Å²) in [6.07, 6.45) is -4.63. The fourth-order valence-electron chi connectivity index (χ4n) is 2.79. The molecule has 0 spiro atoms. The van der Waals surface area contributed by atoms with Crippen LogP contribution in [0.15, 0.2) is 64.2 Å². The molecule has 30 heavy (non-hydrogen) atoms. The number of hydrogen-bond acceptors (Lipinski definition) is 6. The van der Waals surface area contributed by atoms with Crippen LogP contribution in [0, 0.1) is 0 Å². The molecular weight excluding hydrogens is 419 g/mol. The van der Waals surface area contributed by atoms with Crippen LogP contribution in [0.5, 0.6) is 0 Å². The molecule has 4 rings (SSSR count). The van der Waals surface area contributed by atoms with Gasteiger partial charge in [0.15, 0.2) is 0 Å². The summed E-state index contributed by atoms with van der Waals surface area (Å²) in [6.45, 7) is -0.293. The van der Waals surface area contributed by atoms with Gasteiger partial charge in [0.25, 0.3) is 5.22 Å². The minimum absolute atomic E-state index is 0.0122. The van der Waals surface area contributed by atoms with Crippen LogP contribution in [0.2, 0.25) is 0 Å². The van der Waals surface area contributed by atoms with E-state index in [1.54, 1.807) is 36.4 Å². The molecule has 0 aliphatic carbocycles. The van der Waals surface area contributed by atoms with Crippen LogP contribution in [0.3, 0.4) is 0 Å². The number of hydrogen-bond donors (Lipinski definition) is 1. The van der Waals surface area contributed by atoms with E-state index in [0.717, 1.165) is 16.3 Å². The molecule has 154 valence electrons. The number of anilines is 1. The highest BCUT2D eigenvalue weighted by Gasteiger charge is 2.38. The van der Waals surface area contributed by atoms with Gasteiger partial charge in [-0.3, -0.25) is 4.79 Å². The lowest BCUT2D eigenvalue weighted by atomic mass is 10.3. The summed E-state index contributed by atoms with van der Waals surface area (Å²) in [5.74, 6) is -1.32. The number of nitrogens with one attached hydrogen (secondary N) is 1. The summed E-state index contributed by atoms with van der Waals surface area (Å²) in [4.78, 5) is 15.7. The Bertz CT molecular complexity index is 1170.